The van der Waals surface area contributed by atoms with Crippen molar-refractivity contribution >= 4 is 0 Å². The molecule has 14 heteroatoms. The van der Waals surface area contributed by atoms with Crippen LogP contribution in [0.1, 0.15) is 85.5 Å². The molecule has 0 aromatic heterocycles. The average molecular weight is 757 g/mol. The summed E-state index contributed by atoms with van der Waals surface area (Å²) in [7, 11) is 0. The molecule has 8 fully saturated rings. The molecule has 0 unspecified atom stereocenters. The molecule has 0 amide bonds. The fraction of sp³-hybridized carbons (Fsp3) is 1.00. The molecular weight excluding hydrogens is 692 g/mol. The lowest BCUT2D eigenvalue weighted by molar-refractivity contribution is -0.338. The standard InChI is InChI=1S/C39H64O14/c1-17-5-10-39(49-15-17)18(2)28-25(53-39)13-22-20-12-24(41)23-11-19(6-8-37(23,3)21(20)7-9-38(22,28)4)50-36-34(47)32(45)30(43)27(52-36)16-48-35-33(46)31(44)29(42)26(14-40)51-35/h17-36,40-47H,5-16H2,1-4H3/t17-,18-,19-,20+,21-,22-,23+,24-,25-,26+,27+,28-,29+,30+,31-,32-,33+,34+,35+,36+,37+,38-,39+/m0/s1. The molecule has 8 aliphatic rings. The smallest absolute Gasteiger partial charge is 0.186 e. The van der Waals surface area contributed by atoms with Crippen molar-refractivity contribution in [2.75, 3.05) is 19.8 Å². The molecule has 0 radical (unpaired) electrons. The van der Waals surface area contributed by atoms with Gasteiger partial charge in [-0.15, -0.1) is 0 Å². The quantitative estimate of drug-likeness (QED) is 0.173. The van der Waals surface area contributed by atoms with E-state index < -0.39 is 86.5 Å². The lowest BCUT2D eigenvalue weighted by Crippen LogP contribution is -2.62. The predicted molar refractivity (Wildman–Crippen MR) is 184 cm³/mol. The number of fused-ring (bicyclic) bond motifs is 7. The van der Waals surface area contributed by atoms with Crippen LogP contribution in [0.5, 0.6) is 0 Å². The molecular formula is C39H64O14. The van der Waals surface area contributed by atoms with E-state index in [9.17, 15) is 40.9 Å². The Balaban J connectivity index is 0.905. The topological polar surface area (TPSA) is 217 Å². The van der Waals surface area contributed by atoms with E-state index in [2.05, 4.69) is 27.7 Å². The lowest BCUT2D eigenvalue weighted by atomic mass is 9.43. The molecule has 4 saturated heterocycles. The van der Waals surface area contributed by atoms with Crippen molar-refractivity contribution in [3.63, 3.8) is 0 Å². The van der Waals surface area contributed by atoms with E-state index in [1.807, 2.05) is 0 Å². The van der Waals surface area contributed by atoms with Crippen LogP contribution < -0.4 is 0 Å². The SMILES string of the molecule is C[C@H]1CC[C@@]2(OC1)O[C@H]1C[C@H]3[C@@H]4C[C@H](O)[C@H]5C[C@@H](O[C@@H]6O[C@H](CO[C@@H]7O[C@H](CO)[C@@H](O)[C@H](O)[C@H]7O)[C@@H](O)[C@H](O)[C@H]6O)CC[C@]5(C)[C@H]4CC[C@]3(C)[C@H]1[C@@H]2C. The highest BCUT2D eigenvalue weighted by Gasteiger charge is 2.70. The molecule has 0 bridgehead atoms. The molecule has 0 aromatic carbocycles. The zero-order valence-corrected chi connectivity index (χ0v) is 31.6. The fourth-order valence-electron chi connectivity index (χ4n) is 13.2. The van der Waals surface area contributed by atoms with Gasteiger partial charge in [-0.1, -0.05) is 27.7 Å². The Morgan fingerprint density at radius 1 is 0.679 bits per heavy atom. The van der Waals surface area contributed by atoms with Crippen LogP contribution in [0.15, 0.2) is 0 Å². The van der Waals surface area contributed by atoms with Crippen molar-refractivity contribution in [3.05, 3.63) is 0 Å². The number of aliphatic hydroxyl groups is 8. The summed E-state index contributed by atoms with van der Waals surface area (Å²) in [5.41, 5.74) is 0.0639. The molecule has 8 rings (SSSR count). The third-order valence-electron chi connectivity index (χ3n) is 16.2. The number of hydrogen-bond acceptors (Lipinski definition) is 14. The van der Waals surface area contributed by atoms with Crippen LogP contribution in [0.25, 0.3) is 0 Å². The average Bonchev–Trinajstić information content (AvgIpc) is 3.58. The van der Waals surface area contributed by atoms with Crippen LogP contribution in [0.4, 0.5) is 0 Å². The number of rotatable bonds is 6. The van der Waals surface area contributed by atoms with E-state index in [1.54, 1.807) is 0 Å². The minimum atomic E-state index is -1.65. The Labute approximate surface area is 312 Å². The Morgan fingerprint density at radius 3 is 2.06 bits per heavy atom. The minimum absolute atomic E-state index is 0.00889. The van der Waals surface area contributed by atoms with Crippen molar-refractivity contribution in [2.45, 2.75) is 171 Å². The summed E-state index contributed by atoms with van der Waals surface area (Å²) in [6.45, 7) is 9.18. The maximum Gasteiger partial charge on any atom is 0.186 e. The van der Waals surface area contributed by atoms with Crippen molar-refractivity contribution < 1.29 is 69.3 Å². The van der Waals surface area contributed by atoms with Gasteiger partial charge in [0.05, 0.1) is 38.1 Å². The zero-order chi connectivity index (χ0) is 37.8. The predicted octanol–water partition coefficient (Wildman–Crippen LogP) is 0.413. The van der Waals surface area contributed by atoms with Crippen LogP contribution >= 0.6 is 0 Å². The molecule has 4 aliphatic carbocycles. The van der Waals surface area contributed by atoms with Crippen molar-refractivity contribution in [1.82, 2.24) is 0 Å². The third kappa shape index (κ3) is 6.29. The molecule has 4 aliphatic heterocycles. The highest BCUT2D eigenvalue weighted by Crippen LogP contribution is 2.71. The Kier molecular flexibility index (Phi) is 10.6. The Morgan fingerprint density at radius 2 is 1.36 bits per heavy atom. The minimum Gasteiger partial charge on any atom is -0.394 e. The number of ether oxygens (including phenoxy) is 6. The molecule has 4 saturated carbocycles. The third-order valence-corrected chi connectivity index (χ3v) is 16.2. The van der Waals surface area contributed by atoms with Gasteiger partial charge >= 0.3 is 0 Å². The first kappa shape index (κ1) is 39.3. The van der Waals surface area contributed by atoms with Crippen LogP contribution in [0, 0.1) is 52.3 Å². The molecule has 14 nitrogen and oxygen atoms in total. The van der Waals surface area contributed by atoms with E-state index in [0.29, 0.717) is 48.3 Å². The van der Waals surface area contributed by atoms with Crippen molar-refractivity contribution in [3.8, 4) is 0 Å². The largest absolute Gasteiger partial charge is 0.394 e. The first-order valence-electron chi connectivity index (χ1n) is 20.4. The summed E-state index contributed by atoms with van der Waals surface area (Å²) in [5, 5.41) is 84.3. The number of hydrogen-bond donors (Lipinski definition) is 8. The summed E-state index contributed by atoms with van der Waals surface area (Å²) in [6.07, 6.45) is -7.14. The van der Waals surface area contributed by atoms with Crippen LogP contribution in [-0.2, 0) is 28.4 Å². The molecule has 304 valence electrons. The van der Waals surface area contributed by atoms with Gasteiger partial charge in [0.2, 0.25) is 0 Å². The normalized spacial score (nSPS) is 59.5. The summed E-state index contributed by atoms with van der Waals surface area (Å²) in [4.78, 5) is 0. The van der Waals surface area contributed by atoms with Gasteiger partial charge < -0.3 is 69.3 Å². The van der Waals surface area contributed by atoms with E-state index in [0.717, 1.165) is 51.6 Å². The Bertz CT molecular complexity index is 1300. The van der Waals surface area contributed by atoms with Gasteiger partial charge in [-0.05, 0) is 97.7 Å². The summed E-state index contributed by atoms with van der Waals surface area (Å²) < 4.78 is 36.7. The Hall–Kier alpha value is -0.560. The van der Waals surface area contributed by atoms with Gasteiger partial charge in [-0.3, -0.25) is 0 Å². The molecule has 1 spiro atoms. The van der Waals surface area contributed by atoms with Crippen LogP contribution in [0.3, 0.4) is 0 Å². The summed E-state index contributed by atoms with van der Waals surface area (Å²) in [6, 6.07) is 0. The van der Waals surface area contributed by atoms with Crippen molar-refractivity contribution in [1.29, 1.82) is 0 Å². The lowest BCUT2D eigenvalue weighted by Gasteiger charge is -2.62. The molecule has 4 heterocycles. The highest BCUT2D eigenvalue weighted by molar-refractivity contribution is 5.16. The second kappa shape index (κ2) is 14.4. The van der Waals surface area contributed by atoms with E-state index in [1.165, 1.54) is 0 Å². The van der Waals surface area contributed by atoms with Gasteiger partial charge in [-0.2, -0.15) is 0 Å². The first-order valence-corrected chi connectivity index (χ1v) is 20.4. The van der Waals surface area contributed by atoms with E-state index in [4.69, 9.17) is 28.4 Å². The van der Waals surface area contributed by atoms with Crippen molar-refractivity contribution in [2.24, 2.45) is 52.3 Å². The molecule has 8 N–H and O–H groups in total. The summed E-state index contributed by atoms with van der Waals surface area (Å²) in [5.74, 6) is 2.28. The van der Waals surface area contributed by atoms with Crippen LogP contribution in [0.2, 0.25) is 0 Å². The zero-order valence-electron chi connectivity index (χ0n) is 31.6. The maximum absolute atomic E-state index is 11.9. The highest BCUT2D eigenvalue weighted by atomic mass is 16.7. The molecule has 53 heavy (non-hydrogen) atoms. The molecule has 0 aromatic rings. The second-order valence-electron chi connectivity index (χ2n) is 18.9. The van der Waals surface area contributed by atoms with Gasteiger partial charge in [0.1, 0.15) is 48.8 Å². The maximum atomic E-state index is 11.9. The summed E-state index contributed by atoms with van der Waals surface area (Å²) >= 11 is 0. The van der Waals surface area contributed by atoms with E-state index in [-0.39, 0.29) is 29.0 Å². The fourth-order valence-corrected chi connectivity index (χ4v) is 13.2. The van der Waals surface area contributed by atoms with Gasteiger partial charge in [0, 0.05) is 12.3 Å². The van der Waals surface area contributed by atoms with Gasteiger partial charge in [0.15, 0.2) is 18.4 Å². The first-order chi connectivity index (χ1) is 25.1. The molecule has 23 atom stereocenters. The second-order valence-corrected chi connectivity index (χ2v) is 18.9. The monoisotopic (exact) mass is 756 g/mol. The van der Waals surface area contributed by atoms with Gasteiger partial charge in [-0.25, -0.2) is 0 Å². The van der Waals surface area contributed by atoms with Gasteiger partial charge in [0.25, 0.3) is 0 Å². The van der Waals surface area contributed by atoms with E-state index >= 15 is 0 Å². The van der Waals surface area contributed by atoms with Crippen LogP contribution in [-0.4, -0.2) is 146 Å². The number of aliphatic hydroxyl groups excluding tert-OH is 8.